The molecular weight excluding hydrogens is 465 g/mol. The molecule has 6 heteroatoms. The predicted molar refractivity (Wildman–Crippen MR) is 128 cm³/mol. The molecule has 1 aromatic rings. The number of piperidine rings is 1. The Labute approximate surface area is 188 Å². The number of nitrogens with zero attached hydrogens (tertiary/aromatic N) is 2. The van der Waals surface area contributed by atoms with E-state index in [1.807, 2.05) is 0 Å². The van der Waals surface area contributed by atoms with Crippen molar-refractivity contribution in [1.82, 2.24) is 10.2 Å². The molecule has 0 spiro atoms. The molecule has 1 aliphatic rings. The van der Waals surface area contributed by atoms with Crippen molar-refractivity contribution in [2.24, 2.45) is 4.99 Å². The Morgan fingerprint density at radius 3 is 2.46 bits per heavy atom. The molecule has 0 saturated carbocycles. The van der Waals surface area contributed by atoms with Crippen LogP contribution >= 0.6 is 24.0 Å². The summed E-state index contributed by atoms with van der Waals surface area (Å²) in [6, 6.07) is 8.44. The highest BCUT2D eigenvalue weighted by atomic mass is 127. The van der Waals surface area contributed by atoms with Crippen LogP contribution in [-0.4, -0.2) is 56.4 Å². The van der Waals surface area contributed by atoms with Gasteiger partial charge in [-0.3, -0.25) is 4.99 Å². The second kappa shape index (κ2) is 14.9. The third-order valence-corrected chi connectivity index (χ3v) is 4.83. The number of rotatable bonds is 10. The maximum absolute atomic E-state index is 5.75. The van der Waals surface area contributed by atoms with Gasteiger partial charge in [0, 0.05) is 32.8 Å². The zero-order valence-corrected chi connectivity index (χ0v) is 20.1. The van der Waals surface area contributed by atoms with Gasteiger partial charge in [0.25, 0.3) is 0 Å². The van der Waals surface area contributed by atoms with E-state index in [4.69, 9.17) is 14.5 Å². The molecule has 28 heavy (non-hydrogen) atoms. The Morgan fingerprint density at radius 2 is 1.86 bits per heavy atom. The van der Waals surface area contributed by atoms with Gasteiger partial charge in [0.2, 0.25) is 0 Å². The first-order chi connectivity index (χ1) is 13.3. The summed E-state index contributed by atoms with van der Waals surface area (Å²) < 4.78 is 11.5. The van der Waals surface area contributed by atoms with Crippen LogP contribution in [0.1, 0.15) is 52.0 Å². The van der Waals surface area contributed by atoms with Gasteiger partial charge in [-0.2, -0.15) is 0 Å². The van der Waals surface area contributed by atoms with E-state index in [0.717, 1.165) is 83.2 Å². The van der Waals surface area contributed by atoms with Crippen molar-refractivity contribution in [3.8, 4) is 5.75 Å². The van der Waals surface area contributed by atoms with E-state index >= 15 is 0 Å². The van der Waals surface area contributed by atoms with Gasteiger partial charge in [-0.05, 0) is 57.2 Å². The maximum atomic E-state index is 5.75. The van der Waals surface area contributed by atoms with Crippen LogP contribution < -0.4 is 10.1 Å². The fourth-order valence-corrected chi connectivity index (χ4v) is 3.27. The van der Waals surface area contributed by atoms with Crippen molar-refractivity contribution in [2.45, 2.75) is 59.0 Å². The minimum atomic E-state index is 0. The summed E-state index contributed by atoms with van der Waals surface area (Å²) in [7, 11) is 0. The SMILES string of the molecule is CCCCOc1ccc(CCN=C(NCC)N2CCC(OCC)CC2)cc1.I. The average Bonchev–Trinajstić information content (AvgIpc) is 2.70. The molecule has 1 aromatic carbocycles. The molecule has 0 bridgehead atoms. The summed E-state index contributed by atoms with van der Waals surface area (Å²) in [5.74, 6) is 1.99. The van der Waals surface area contributed by atoms with Gasteiger partial charge in [-0.25, -0.2) is 0 Å². The summed E-state index contributed by atoms with van der Waals surface area (Å²) in [6.45, 7) is 11.7. The molecule has 0 unspecified atom stereocenters. The normalized spacial score (nSPS) is 15.2. The van der Waals surface area contributed by atoms with Crippen LogP contribution in [0.4, 0.5) is 0 Å². The smallest absolute Gasteiger partial charge is 0.193 e. The summed E-state index contributed by atoms with van der Waals surface area (Å²) in [6.07, 6.45) is 5.78. The van der Waals surface area contributed by atoms with Gasteiger partial charge in [-0.1, -0.05) is 25.5 Å². The lowest BCUT2D eigenvalue weighted by atomic mass is 10.1. The maximum Gasteiger partial charge on any atom is 0.193 e. The Balaban J connectivity index is 0.00000392. The highest BCUT2D eigenvalue weighted by molar-refractivity contribution is 14.0. The first kappa shape index (κ1) is 25.0. The molecule has 0 atom stereocenters. The van der Waals surface area contributed by atoms with E-state index in [2.05, 4.69) is 55.3 Å². The molecule has 0 aromatic heterocycles. The van der Waals surface area contributed by atoms with Gasteiger partial charge in [0.15, 0.2) is 5.96 Å². The van der Waals surface area contributed by atoms with Crippen LogP contribution in [0.3, 0.4) is 0 Å². The largest absolute Gasteiger partial charge is 0.494 e. The lowest BCUT2D eigenvalue weighted by Gasteiger charge is -2.34. The third-order valence-electron chi connectivity index (χ3n) is 4.83. The van der Waals surface area contributed by atoms with E-state index < -0.39 is 0 Å². The number of aliphatic imine (C=N–C) groups is 1. The standard InChI is InChI=1S/C22H37N3O2.HI/c1-4-7-18-27-20-10-8-19(9-11-20)12-15-24-22(23-5-2)25-16-13-21(14-17-25)26-6-3;/h8-11,21H,4-7,12-18H2,1-3H3,(H,23,24);1H. The van der Waals surface area contributed by atoms with Crippen LogP contribution in [0.5, 0.6) is 5.75 Å². The molecule has 160 valence electrons. The molecule has 1 heterocycles. The van der Waals surface area contributed by atoms with Crippen molar-refractivity contribution in [3.05, 3.63) is 29.8 Å². The topological polar surface area (TPSA) is 46.1 Å². The van der Waals surface area contributed by atoms with Crippen molar-refractivity contribution < 1.29 is 9.47 Å². The van der Waals surface area contributed by atoms with Crippen LogP contribution in [0, 0.1) is 0 Å². The fraction of sp³-hybridized carbons (Fsp3) is 0.682. The van der Waals surface area contributed by atoms with E-state index in [-0.39, 0.29) is 24.0 Å². The van der Waals surface area contributed by atoms with Crippen LogP contribution in [-0.2, 0) is 11.2 Å². The summed E-state index contributed by atoms with van der Waals surface area (Å²) in [5.41, 5.74) is 1.30. The number of ether oxygens (including phenoxy) is 2. The molecular formula is C22H38IN3O2. The minimum absolute atomic E-state index is 0. The monoisotopic (exact) mass is 503 g/mol. The first-order valence-electron chi connectivity index (χ1n) is 10.6. The van der Waals surface area contributed by atoms with Gasteiger partial charge < -0.3 is 19.7 Å². The zero-order valence-electron chi connectivity index (χ0n) is 17.8. The number of hydrogen-bond donors (Lipinski definition) is 1. The van der Waals surface area contributed by atoms with E-state index in [1.165, 1.54) is 5.56 Å². The zero-order chi connectivity index (χ0) is 19.3. The van der Waals surface area contributed by atoms with E-state index in [1.54, 1.807) is 0 Å². The summed E-state index contributed by atoms with van der Waals surface area (Å²) in [5, 5.41) is 3.44. The second-order valence-corrected chi connectivity index (χ2v) is 6.97. The molecule has 5 nitrogen and oxygen atoms in total. The van der Waals surface area contributed by atoms with E-state index in [9.17, 15) is 0 Å². The predicted octanol–water partition coefficient (Wildman–Crippen LogP) is 4.49. The molecule has 1 saturated heterocycles. The molecule has 0 amide bonds. The number of hydrogen-bond acceptors (Lipinski definition) is 3. The lowest BCUT2D eigenvalue weighted by Crippen LogP contribution is -2.47. The summed E-state index contributed by atoms with van der Waals surface area (Å²) in [4.78, 5) is 7.21. The van der Waals surface area contributed by atoms with Crippen molar-refractivity contribution in [2.75, 3.05) is 39.4 Å². The molecule has 1 fully saturated rings. The lowest BCUT2D eigenvalue weighted by molar-refractivity contribution is 0.0264. The highest BCUT2D eigenvalue weighted by Gasteiger charge is 2.21. The Morgan fingerprint density at radius 1 is 1.14 bits per heavy atom. The first-order valence-corrected chi connectivity index (χ1v) is 10.6. The van der Waals surface area contributed by atoms with Gasteiger partial charge in [0.1, 0.15) is 5.75 Å². The number of nitrogens with one attached hydrogen (secondary N) is 1. The minimum Gasteiger partial charge on any atom is -0.494 e. The Hall–Kier alpha value is -1.02. The van der Waals surface area contributed by atoms with Crippen molar-refractivity contribution in [1.29, 1.82) is 0 Å². The Kier molecular flexibility index (Phi) is 13.3. The molecule has 2 rings (SSSR count). The van der Waals surface area contributed by atoms with E-state index in [0.29, 0.717) is 6.10 Å². The van der Waals surface area contributed by atoms with Gasteiger partial charge in [-0.15, -0.1) is 24.0 Å². The van der Waals surface area contributed by atoms with Crippen LogP contribution in [0.15, 0.2) is 29.3 Å². The average molecular weight is 503 g/mol. The number of halogens is 1. The number of unbranched alkanes of at least 4 members (excludes halogenated alkanes) is 1. The van der Waals surface area contributed by atoms with Crippen LogP contribution in [0.2, 0.25) is 0 Å². The number of likely N-dealkylation sites (tertiary alicyclic amines) is 1. The molecule has 1 aliphatic heterocycles. The van der Waals surface area contributed by atoms with Crippen LogP contribution in [0.25, 0.3) is 0 Å². The second-order valence-electron chi connectivity index (χ2n) is 6.97. The fourth-order valence-electron chi connectivity index (χ4n) is 3.27. The van der Waals surface area contributed by atoms with Crippen molar-refractivity contribution >= 4 is 29.9 Å². The van der Waals surface area contributed by atoms with Gasteiger partial charge in [0.05, 0.1) is 12.7 Å². The highest BCUT2D eigenvalue weighted by Crippen LogP contribution is 2.15. The van der Waals surface area contributed by atoms with Gasteiger partial charge >= 0.3 is 0 Å². The molecule has 0 aliphatic carbocycles. The van der Waals surface area contributed by atoms with Crippen molar-refractivity contribution in [3.63, 3.8) is 0 Å². The number of guanidine groups is 1. The quantitative estimate of drug-likeness (QED) is 0.221. The molecule has 0 radical (unpaired) electrons. The Bertz CT molecular complexity index is 543. The molecule has 1 N–H and O–H groups in total. The summed E-state index contributed by atoms with van der Waals surface area (Å²) >= 11 is 0. The number of benzene rings is 1. The third kappa shape index (κ3) is 8.99.